The second-order valence-electron chi connectivity index (χ2n) is 8.05. The minimum absolute atomic E-state index is 0.0465. The van der Waals surface area contributed by atoms with E-state index < -0.39 is 5.25 Å². The van der Waals surface area contributed by atoms with Crippen molar-refractivity contribution in [3.05, 3.63) is 59.9 Å². The zero-order valence-corrected chi connectivity index (χ0v) is 19.1. The van der Waals surface area contributed by atoms with Crippen LogP contribution in [0.5, 0.6) is 0 Å². The minimum Gasteiger partial charge on any atom is -0.352 e. The number of rotatable bonds is 7. The fourth-order valence-corrected chi connectivity index (χ4v) is 4.92. The molecular formula is C24H27N5O3S. The van der Waals surface area contributed by atoms with Crippen LogP contribution in [0.25, 0.3) is 0 Å². The van der Waals surface area contributed by atoms with Crippen molar-refractivity contribution in [3.8, 4) is 0 Å². The summed E-state index contributed by atoms with van der Waals surface area (Å²) in [5.74, 6) is -0.747. The number of amidine groups is 1. The molecule has 3 heterocycles. The number of piperidine rings is 1. The second-order valence-corrected chi connectivity index (χ2v) is 9.22. The number of nitrogens with one attached hydrogen (secondary N) is 2. The second kappa shape index (κ2) is 11.1. The Labute approximate surface area is 197 Å². The topological polar surface area (TPSA) is 104 Å². The van der Waals surface area contributed by atoms with E-state index in [1.165, 1.54) is 18.2 Å². The first-order chi connectivity index (χ1) is 16.1. The van der Waals surface area contributed by atoms with E-state index in [0.29, 0.717) is 24.2 Å². The number of pyridine rings is 1. The van der Waals surface area contributed by atoms with Crippen LogP contribution in [0.1, 0.15) is 41.7 Å². The predicted molar refractivity (Wildman–Crippen MR) is 129 cm³/mol. The summed E-state index contributed by atoms with van der Waals surface area (Å²) >= 11 is 1.38. The Morgan fingerprint density at radius 3 is 2.73 bits per heavy atom. The highest BCUT2D eigenvalue weighted by Crippen LogP contribution is 2.29. The molecule has 0 spiro atoms. The van der Waals surface area contributed by atoms with Gasteiger partial charge in [0.2, 0.25) is 5.91 Å². The van der Waals surface area contributed by atoms with Crippen molar-refractivity contribution in [2.45, 2.75) is 37.4 Å². The lowest BCUT2D eigenvalue weighted by Gasteiger charge is -2.27. The van der Waals surface area contributed by atoms with Gasteiger partial charge in [0.1, 0.15) is 5.25 Å². The third kappa shape index (κ3) is 6.41. The summed E-state index contributed by atoms with van der Waals surface area (Å²) in [4.78, 5) is 47.9. The maximum atomic E-state index is 12.6. The van der Waals surface area contributed by atoms with Crippen LogP contribution >= 0.6 is 11.8 Å². The number of benzene rings is 1. The number of amides is 3. The zero-order valence-electron chi connectivity index (χ0n) is 18.3. The van der Waals surface area contributed by atoms with Crippen LogP contribution in [-0.2, 0) is 16.0 Å². The van der Waals surface area contributed by atoms with E-state index in [1.54, 1.807) is 30.5 Å². The largest absolute Gasteiger partial charge is 0.352 e. The summed E-state index contributed by atoms with van der Waals surface area (Å²) in [5, 5.41) is 5.91. The number of carbonyl (C=O) groups is 3. The molecule has 8 nitrogen and oxygen atoms in total. The molecule has 0 radical (unpaired) electrons. The van der Waals surface area contributed by atoms with Crippen LogP contribution in [0.4, 0.5) is 5.69 Å². The summed E-state index contributed by atoms with van der Waals surface area (Å²) in [6.45, 7) is 2.29. The number of likely N-dealkylation sites (tertiary alicyclic amines) is 1. The third-order valence-corrected chi connectivity index (χ3v) is 6.74. The van der Waals surface area contributed by atoms with Crippen LogP contribution in [0.2, 0.25) is 0 Å². The molecule has 0 bridgehead atoms. The Bertz CT molecular complexity index is 1040. The van der Waals surface area contributed by atoms with E-state index >= 15 is 0 Å². The molecule has 1 fully saturated rings. The molecule has 3 amide bonds. The monoisotopic (exact) mass is 465 g/mol. The van der Waals surface area contributed by atoms with Crippen molar-refractivity contribution in [2.24, 2.45) is 4.99 Å². The molecule has 0 saturated carbocycles. The normalized spacial score (nSPS) is 18.1. The standard InChI is InChI=1S/C24H27N5O3S/c30-21(16-20-23(32)28-24(33-20)29-13-4-1-5-14-29)27-19-9-6-7-17(15-19)22(31)26-12-10-18-8-2-3-11-25-18/h2-3,6-9,11,15,20H,1,4-5,10,12-14,16H2,(H,26,31)(H,27,30). The van der Waals surface area contributed by atoms with E-state index in [-0.39, 0.29) is 24.1 Å². The highest BCUT2D eigenvalue weighted by Gasteiger charge is 2.33. The van der Waals surface area contributed by atoms with Gasteiger partial charge in [0, 0.05) is 55.6 Å². The lowest BCUT2D eigenvalue weighted by atomic mass is 10.1. The van der Waals surface area contributed by atoms with Crippen molar-refractivity contribution in [1.29, 1.82) is 0 Å². The van der Waals surface area contributed by atoms with Crippen LogP contribution < -0.4 is 10.6 Å². The van der Waals surface area contributed by atoms with Gasteiger partial charge in [-0.25, -0.2) is 0 Å². The molecule has 1 unspecified atom stereocenters. The number of hydrogen-bond acceptors (Lipinski definition) is 6. The van der Waals surface area contributed by atoms with Gasteiger partial charge in [0.05, 0.1) is 0 Å². The maximum absolute atomic E-state index is 12.6. The summed E-state index contributed by atoms with van der Waals surface area (Å²) < 4.78 is 0. The Morgan fingerprint density at radius 1 is 1.09 bits per heavy atom. The average Bonchev–Trinajstić information content (AvgIpc) is 3.20. The number of aromatic nitrogens is 1. The number of hydrogen-bond donors (Lipinski definition) is 2. The molecule has 1 aromatic heterocycles. The highest BCUT2D eigenvalue weighted by molar-refractivity contribution is 8.15. The minimum atomic E-state index is -0.500. The number of carbonyl (C=O) groups excluding carboxylic acids is 3. The molecule has 172 valence electrons. The quantitative estimate of drug-likeness (QED) is 0.652. The number of nitrogens with zero attached hydrogens (tertiary/aromatic N) is 3. The van der Waals surface area contributed by atoms with Gasteiger partial charge >= 0.3 is 0 Å². The van der Waals surface area contributed by atoms with Crippen LogP contribution in [-0.4, -0.2) is 57.7 Å². The van der Waals surface area contributed by atoms with Gasteiger partial charge in [-0.05, 0) is 49.6 Å². The fraction of sp³-hybridized carbons (Fsp3) is 0.375. The zero-order chi connectivity index (χ0) is 23.0. The molecular weight excluding hydrogens is 438 g/mol. The van der Waals surface area contributed by atoms with Gasteiger partial charge < -0.3 is 15.5 Å². The Hall–Kier alpha value is -3.20. The summed E-state index contributed by atoms with van der Waals surface area (Å²) in [5.41, 5.74) is 1.88. The first kappa shape index (κ1) is 23.0. The number of aliphatic imine (C=N–C) groups is 1. The Morgan fingerprint density at radius 2 is 1.94 bits per heavy atom. The van der Waals surface area contributed by atoms with E-state index in [9.17, 15) is 14.4 Å². The van der Waals surface area contributed by atoms with E-state index in [1.807, 2.05) is 18.2 Å². The van der Waals surface area contributed by atoms with Crippen molar-refractivity contribution in [1.82, 2.24) is 15.2 Å². The van der Waals surface area contributed by atoms with Gasteiger partial charge in [0.25, 0.3) is 11.8 Å². The first-order valence-electron chi connectivity index (χ1n) is 11.2. The molecule has 1 saturated heterocycles. The van der Waals surface area contributed by atoms with Crippen molar-refractivity contribution >= 4 is 40.3 Å². The first-order valence-corrected chi connectivity index (χ1v) is 12.1. The Kier molecular flexibility index (Phi) is 7.72. The molecule has 2 aromatic rings. The summed E-state index contributed by atoms with van der Waals surface area (Å²) in [6, 6.07) is 12.4. The predicted octanol–water partition coefficient (Wildman–Crippen LogP) is 2.87. The molecule has 2 aliphatic heterocycles. The number of anilines is 1. The summed E-state index contributed by atoms with van der Waals surface area (Å²) in [7, 11) is 0. The maximum Gasteiger partial charge on any atom is 0.262 e. The van der Waals surface area contributed by atoms with Gasteiger partial charge in [-0.1, -0.05) is 23.9 Å². The molecule has 2 N–H and O–H groups in total. The molecule has 33 heavy (non-hydrogen) atoms. The SMILES string of the molecule is O=C(CC1SC(N2CCCCC2)=NC1=O)Nc1cccc(C(=O)NCCc2ccccn2)c1. The van der Waals surface area contributed by atoms with Crippen molar-refractivity contribution < 1.29 is 14.4 Å². The third-order valence-electron chi connectivity index (χ3n) is 5.53. The fourth-order valence-electron chi connectivity index (χ4n) is 3.80. The van der Waals surface area contributed by atoms with Gasteiger partial charge in [-0.2, -0.15) is 4.99 Å². The van der Waals surface area contributed by atoms with Crippen molar-refractivity contribution in [2.75, 3.05) is 25.0 Å². The van der Waals surface area contributed by atoms with Gasteiger partial charge in [-0.15, -0.1) is 0 Å². The molecule has 4 rings (SSSR count). The van der Waals surface area contributed by atoms with Crippen molar-refractivity contribution in [3.63, 3.8) is 0 Å². The number of thioether (sulfide) groups is 1. The molecule has 2 aliphatic rings. The van der Waals surface area contributed by atoms with E-state index in [4.69, 9.17) is 0 Å². The van der Waals surface area contributed by atoms with E-state index in [0.717, 1.165) is 36.8 Å². The molecule has 0 aliphatic carbocycles. The lowest BCUT2D eigenvalue weighted by molar-refractivity contribution is -0.121. The lowest BCUT2D eigenvalue weighted by Crippen LogP contribution is -2.33. The van der Waals surface area contributed by atoms with E-state index in [2.05, 4.69) is 25.5 Å². The highest BCUT2D eigenvalue weighted by atomic mass is 32.2. The van der Waals surface area contributed by atoms with Gasteiger partial charge in [-0.3, -0.25) is 19.4 Å². The van der Waals surface area contributed by atoms with Crippen LogP contribution in [0, 0.1) is 0 Å². The van der Waals surface area contributed by atoms with Crippen LogP contribution in [0.15, 0.2) is 53.7 Å². The average molecular weight is 466 g/mol. The molecule has 1 aromatic carbocycles. The molecule has 1 atom stereocenters. The van der Waals surface area contributed by atoms with Gasteiger partial charge in [0.15, 0.2) is 5.17 Å². The Balaban J connectivity index is 1.26. The van der Waals surface area contributed by atoms with Crippen LogP contribution in [0.3, 0.4) is 0 Å². The molecule has 9 heteroatoms. The summed E-state index contributed by atoms with van der Waals surface area (Å²) in [6.07, 6.45) is 5.82. The smallest absolute Gasteiger partial charge is 0.262 e.